The van der Waals surface area contributed by atoms with E-state index in [2.05, 4.69) is 46.1 Å². The molecule has 4 aromatic rings. The molecule has 2 aromatic carbocycles. The van der Waals surface area contributed by atoms with Gasteiger partial charge in [0.15, 0.2) is 11.6 Å². The van der Waals surface area contributed by atoms with Gasteiger partial charge >= 0.3 is 0 Å². The van der Waals surface area contributed by atoms with Crippen molar-refractivity contribution in [1.29, 1.82) is 0 Å². The second-order valence-corrected chi connectivity index (χ2v) is 6.53. The minimum absolute atomic E-state index is 0.141. The quantitative estimate of drug-likeness (QED) is 0.318. The SMILES string of the molecule is CC(=O)Nc1ccc(/C(C)=N\Nc2nc3nonc3nc2Nc2ccc(F)cc2)cc1. The smallest absolute Gasteiger partial charge is 0.245 e. The number of anilines is 4. The fourth-order valence-corrected chi connectivity index (χ4v) is 2.67. The Labute approximate surface area is 175 Å². The van der Waals surface area contributed by atoms with Crippen LogP contribution in [-0.2, 0) is 4.79 Å². The summed E-state index contributed by atoms with van der Waals surface area (Å²) in [5.41, 5.74) is 6.09. The van der Waals surface area contributed by atoms with Crippen molar-refractivity contribution in [3.8, 4) is 0 Å². The van der Waals surface area contributed by atoms with Crippen LogP contribution >= 0.6 is 0 Å². The molecule has 0 saturated carbocycles. The number of aromatic nitrogens is 4. The lowest BCUT2D eigenvalue weighted by Crippen LogP contribution is -2.07. The van der Waals surface area contributed by atoms with Crippen LogP contribution in [0.4, 0.5) is 27.4 Å². The maximum atomic E-state index is 13.2. The Morgan fingerprint density at radius 3 is 2.16 bits per heavy atom. The third-order valence-corrected chi connectivity index (χ3v) is 4.17. The second-order valence-electron chi connectivity index (χ2n) is 6.53. The lowest BCUT2D eigenvalue weighted by atomic mass is 10.1. The number of benzene rings is 2. The maximum Gasteiger partial charge on any atom is 0.245 e. The standard InChI is InChI=1S/C20H17FN8O2/c1-11(13-3-7-15(8-4-13)22-12(2)30)26-27-18-17(23-16-9-5-14(21)6-10-16)24-19-20(25-18)29-31-28-19/h3-10H,1-2H3,(H,22,30)(H,23,24,28)(H,25,27,29)/b26-11-. The van der Waals surface area contributed by atoms with Gasteiger partial charge in [-0.3, -0.25) is 10.2 Å². The zero-order valence-electron chi connectivity index (χ0n) is 16.5. The van der Waals surface area contributed by atoms with Crippen LogP contribution in [-0.4, -0.2) is 31.9 Å². The summed E-state index contributed by atoms with van der Waals surface area (Å²) in [4.78, 5) is 19.8. The summed E-state index contributed by atoms with van der Waals surface area (Å²) >= 11 is 0. The summed E-state index contributed by atoms with van der Waals surface area (Å²) in [5.74, 6) is 0.0993. The van der Waals surface area contributed by atoms with Crippen molar-refractivity contribution in [1.82, 2.24) is 20.3 Å². The molecule has 3 N–H and O–H groups in total. The lowest BCUT2D eigenvalue weighted by Gasteiger charge is -2.10. The Hall–Kier alpha value is -4.41. The first kappa shape index (κ1) is 19.9. The normalized spacial score (nSPS) is 11.4. The summed E-state index contributed by atoms with van der Waals surface area (Å²) in [5, 5.41) is 17.5. The van der Waals surface area contributed by atoms with Gasteiger partial charge in [-0.25, -0.2) is 14.0 Å². The van der Waals surface area contributed by atoms with Gasteiger partial charge in [0, 0.05) is 18.3 Å². The van der Waals surface area contributed by atoms with Gasteiger partial charge in [0.25, 0.3) is 0 Å². The van der Waals surface area contributed by atoms with Crippen LogP contribution in [0.15, 0.2) is 58.3 Å². The minimum Gasteiger partial charge on any atom is -0.337 e. The van der Waals surface area contributed by atoms with Crippen LogP contribution in [0.3, 0.4) is 0 Å². The third kappa shape index (κ3) is 4.78. The van der Waals surface area contributed by atoms with E-state index in [0.717, 1.165) is 5.56 Å². The molecule has 0 unspecified atom stereocenters. The molecule has 0 spiro atoms. The first-order chi connectivity index (χ1) is 15.0. The Kier molecular flexibility index (Phi) is 5.47. The largest absolute Gasteiger partial charge is 0.337 e. The Morgan fingerprint density at radius 2 is 1.52 bits per heavy atom. The Bertz CT molecular complexity index is 1250. The van der Waals surface area contributed by atoms with E-state index < -0.39 is 0 Å². The monoisotopic (exact) mass is 420 g/mol. The van der Waals surface area contributed by atoms with Crippen molar-refractivity contribution in [2.45, 2.75) is 13.8 Å². The van der Waals surface area contributed by atoms with E-state index >= 15 is 0 Å². The van der Waals surface area contributed by atoms with Crippen molar-refractivity contribution in [3.05, 3.63) is 59.9 Å². The number of nitrogens with one attached hydrogen (secondary N) is 3. The molecule has 0 bridgehead atoms. The first-order valence-electron chi connectivity index (χ1n) is 9.19. The molecule has 0 aliphatic rings. The van der Waals surface area contributed by atoms with Gasteiger partial charge in [-0.15, -0.1) is 0 Å². The highest BCUT2D eigenvalue weighted by atomic mass is 19.1. The number of fused-ring (bicyclic) bond motifs is 1. The maximum absolute atomic E-state index is 13.2. The van der Waals surface area contributed by atoms with Gasteiger partial charge < -0.3 is 10.6 Å². The van der Waals surface area contributed by atoms with E-state index in [1.54, 1.807) is 24.3 Å². The number of hydrogen-bond donors (Lipinski definition) is 3. The van der Waals surface area contributed by atoms with Gasteiger partial charge in [-0.05, 0) is 59.2 Å². The molecule has 10 nitrogen and oxygen atoms in total. The molecule has 0 atom stereocenters. The Morgan fingerprint density at radius 1 is 0.903 bits per heavy atom. The summed E-state index contributed by atoms with van der Waals surface area (Å²) in [6, 6.07) is 13.0. The van der Waals surface area contributed by atoms with E-state index in [0.29, 0.717) is 22.9 Å². The molecular weight excluding hydrogens is 403 g/mol. The average molecular weight is 420 g/mol. The van der Waals surface area contributed by atoms with Crippen LogP contribution in [0, 0.1) is 5.82 Å². The molecule has 31 heavy (non-hydrogen) atoms. The highest BCUT2D eigenvalue weighted by Gasteiger charge is 2.13. The minimum atomic E-state index is -0.351. The Balaban J connectivity index is 1.59. The van der Waals surface area contributed by atoms with Gasteiger partial charge in [0.1, 0.15) is 5.82 Å². The summed E-state index contributed by atoms with van der Waals surface area (Å²) in [6.07, 6.45) is 0. The van der Waals surface area contributed by atoms with E-state index in [4.69, 9.17) is 0 Å². The molecular formula is C20H17FN8O2. The second kappa shape index (κ2) is 8.53. The van der Waals surface area contributed by atoms with Crippen molar-refractivity contribution in [3.63, 3.8) is 0 Å². The predicted octanol–water partition coefficient (Wildman–Crippen LogP) is 3.69. The van der Waals surface area contributed by atoms with Gasteiger partial charge in [0.05, 0.1) is 5.71 Å². The zero-order valence-corrected chi connectivity index (χ0v) is 16.5. The van der Waals surface area contributed by atoms with E-state index in [-0.39, 0.29) is 28.8 Å². The number of hydrogen-bond acceptors (Lipinski definition) is 9. The van der Waals surface area contributed by atoms with Crippen LogP contribution < -0.4 is 16.1 Å². The molecule has 4 rings (SSSR count). The number of carbonyl (C=O) groups is 1. The zero-order chi connectivity index (χ0) is 21.8. The molecule has 0 radical (unpaired) electrons. The van der Waals surface area contributed by atoms with E-state index in [1.165, 1.54) is 19.1 Å². The molecule has 11 heteroatoms. The number of hydrazone groups is 1. The molecule has 0 saturated heterocycles. The predicted molar refractivity (Wildman–Crippen MR) is 114 cm³/mol. The number of carbonyl (C=O) groups excluding carboxylic acids is 1. The summed E-state index contributed by atoms with van der Waals surface area (Å²) in [7, 11) is 0. The van der Waals surface area contributed by atoms with Crippen molar-refractivity contribution < 1.29 is 13.8 Å². The molecule has 0 aliphatic carbocycles. The fourth-order valence-electron chi connectivity index (χ4n) is 2.67. The number of halogens is 1. The fraction of sp³-hybridized carbons (Fsp3) is 0.100. The highest BCUT2D eigenvalue weighted by Crippen LogP contribution is 2.24. The first-order valence-corrected chi connectivity index (χ1v) is 9.19. The van der Waals surface area contributed by atoms with Crippen molar-refractivity contribution in [2.75, 3.05) is 16.1 Å². The molecule has 1 amide bonds. The van der Waals surface area contributed by atoms with E-state index in [1.807, 2.05) is 19.1 Å². The van der Waals surface area contributed by atoms with Crippen LogP contribution in [0.2, 0.25) is 0 Å². The van der Waals surface area contributed by atoms with Crippen LogP contribution in [0.1, 0.15) is 19.4 Å². The topological polar surface area (TPSA) is 130 Å². The summed E-state index contributed by atoms with van der Waals surface area (Å²) < 4.78 is 17.9. The molecule has 156 valence electrons. The van der Waals surface area contributed by atoms with Crippen LogP contribution in [0.25, 0.3) is 11.3 Å². The number of amides is 1. The van der Waals surface area contributed by atoms with Gasteiger partial charge in [-0.2, -0.15) is 10.1 Å². The average Bonchev–Trinajstić information content (AvgIpc) is 3.21. The lowest BCUT2D eigenvalue weighted by molar-refractivity contribution is -0.114. The highest BCUT2D eigenvalue weighted by molar-refractivity contribution is 6.00. The molecule has 2 heterocycles. The van der Waals surface area contributed by atoms with Crippen LogP contribution in [0.5, 0.6) is 0 Å². The van der Waals surface area contributed by atoms with Crippen molar-refractivity contribution >= 4 is 45.9 Å². The summed E-state index contributed by atoms with van der Waals surface area (Å²) in [6.45, 7) is 3.27. The van der Waals surface area contributed by atoms with Crippen molar-refractivity contribution in [2.24, 2.45) is 5.10 Å². The number of nitrogens with zero attached hydrogens (tertiary/aromatic N) is 5. The molecule has 2 aromatic heterocycles. The molecule has 0 fully saturated rings. The van der Waals surface area contributed by atoms with Gasteiger partial charge in [0.2, 0.25) is 17.2 Å². The third-order valence-electron chi connectivity index (χ3n) is 4.17. The van der Waals surface area contributed by atoms with E-state index in [9.17, 15) is 9.18 Å². The van der Waals surface area contributed by atoms with Gasteiger partial charge in [-0.1, -0.05) is 12.1 Å². The molecule has 0 aliphatic heterocycles. The number of rotatable bonds is 6.